The first-order chi connectivity index (χ1) is 60.5. The number of amides is 16. The SMILES string of the molecule is C=C(C)C(=O)N1C(=O)CC12C1CC3CC(C1)CC2C3.C=C(C)C(=O)N1C(=O)CC12C1CCC(C1)C2(C)C.C=C(C)C(=O)N1C(=O)CC12CCCC2.C=C(C)C(=O)N1C(=O)CC12CCCCC2.C=CC(=O)N1C(=O)CC12C1CC3CC(C1)CC2C3.C=CC(=O)N1C(=O)CC12C1CCC(C1)C2(C)C.C=CC(=O)N1C(=O)CC12CCCC2.C=CC(=O)N1C(=O)CC12CCCCC2. The lowest BCUT2D eigenvalue weighted by molar-refractivity contribution is -0.202. The molecule has 128 heavy (non-hydrogen) atoms. The van der Waals surface area contributed by atoms with E-state index in [-0.39, 0.29) is 150 Å². The molecule has 8 aliphatic heterocycles. The average molecular weight is 1760 g/mol. The lowest BCUT2D eigenvalue weighted by Crippen LogP contribution is -2.76. The van der Waals surface area contributed by atoms with E-state index in [0.29, 0.717) is 121 Å². The van der Waals surface area contributed by atoms with Gasteiger partial charge in [-0.1, -0.05) is 145 Å². The third-order valence-electron chi connectivity index (χ3n) is 37.2. The van der Waals surface area contributed by atoms with Gasteiger partial charge >= 0.3 is 0 Å². The van der Waals surface area contributed by atoms with Crippen molar-refractivity contribution in [1.82, 2.24) is 39.2 Å². The van der Waals surface area contributed by atoms with Crippen LogP contribution in [0.5, 0.6) is 0 Å². The molecule has 24 aliphatic rings. The van der Waals surface area contributed by atoms with Gasteiger partial charge in [0.15, 0.2) is 0 Å². The third kappa shape index (κ3) is 14.6. The predicted molar refractivity (Wildman–Crippen MR) is 480 cm³/mol. The second kappa shape index (κ2) is 34.3. The maximum absolute atomic E-state index is 12.3. The molecule has 0 radical (unpaired) electrons. The molecule has 16 saturated carbocycles. The van der Waals surface area contributed by atoms with Gasteiger partial charge in [0, 0.05) is 22.3 Å². The Kier molecular flexibility index (Phi) is 25.1. The zero-order valence-electron chi connectivity index (χ0n) is 77.7. The quantitative estimate of drug-likeness (QED) is 0.161. The molecule has 24 heteroatoms. The molecule has 0 aromatic rings. The van der Waals surface area contributed by atoms with Gasteiger partial charge < -0.3 is 0 Å². The van der Waals surface area contributed by atoms with Crippen molar-refractivity contribution in [2.75, 3.05) is 0 Å². The second-order valence-electron chi connectivity index (χ2n) is 44.5. The Bertz CT molecular complexity index is 4740. The number of nitrogens with zero attached hydrogens (tertiary/aromatic N) is 8. The van der Waals surface area contributed by atoms with E-state index in [1.807, 2.05) is 0 Å². The van der Waals surface area contributed by atoms with Crippen molar-refractivity contribution in [3.63, 3.8) is 0 Å². The number of rotatable bonds is 8. The van der Waals surface area contributed by atoms with Crippen molar-refractivity contribution in [3.05, 3.63) is 99.2 Å². The Hall–Kier alpha value is -8.96. The summed E-state index contributed by atoms with van der Waals surface area (Å²) in [5.74, 6) is 6.59. The van der Waals surface area contributed by atoms with Crippen LogP contribution in [0.3, 0.4) is 0 Å². The smallest absolute Gasteiger partial charge is 0.256 e. The Morgan fingerprint density at radius 2 is 0.484 bits per heavy atom. The molecule has 16 amide bonds. The Morgan fingerprint density at radius 1 is 0.258 bits per heavy atom. The summed E-state index contributed by atoms with van der Waals surface area (Å²) < 4.78 is 0. The van der Waals surface area contributed by atoms with E-state index in [0.717, 1.165) is 126 Å². The van der Waals surface area contributed by atoms with Crippen LogP contribution in [0.25, 0.3) is 0 Å². The highest BCUT2D eigenvalue weighted by molar-refractivity contribution is 6.12. The monoisotopic (exact) mass is 1760 g/mol. The van der Waals surface area contributed by atoms with E-state index in [1.54, 1.807) is 42.4 Å². The predicted octanol–water partition coefficient (Wildman–Crippen LogP) is 15.8. The van der Waals surface area contributed by atoms with Gasteiger partial charge in [-0.25, -0.2) is 0 Å². The summed E-state index contributed by atoms with van der Waals surface area (Å²) in [5, 5.41) is 0. The number of carbonyl (C=O) groups is 16. The molecule has 692 valence electrons. The van der Waals surface area contributed by atoms with Crippen LogP contribution < -0.4 is 0 Å². The highest BCUT2D eigenvalue weighted by Gasteiger charge is 2.76. The van der Waals surface area contributed by atoms with Crippen molar-refractivity contribution < 1.29 is 76.7 Å². The molecule has 0 N–H and O–H groups in total. The highest BCUT2D eigenvalue weighted by Crippen LogP contribution is 2.71. The summed E-state index contributed by atoms with van der Waals surface area (Å²) in [6.45, 7) is 44.3. The first kappa shape index (κ1) is 93.7. The second-order valence-corrected chi connectivity index (χ2v) is 44.5. The number of hydrogen-bond acceptors (Lipinski definition) is 16. The Labute approximate surface area is 756 Å². The summed E-state index contributed by atoms with van der Waals surface area (Å²) >= 11 is 0. The number of carbonyl (C=O) groups excluding carboxylic acids is 16. The van der Waals surface area contributed by atoms with E-state index in [2.05, 4.69) is 80.3 Å². The van der Waals surface area contributed by atoms with Gasteiger partial charge in [-0.3, -0.25) is 116 Å². The molecule has 8 heterocycles. The fourth-order valence-corrected chi connectivity index (χ4v) is 31.3. The van der Waals surface area contributed by atoms with Gasteiger partial charge in [0.2, 0.25) is 47.3 Å². The van der Waals surface area contributed by atoms with Crippen LogP contribution in [0.1, 0.15) is 325 Å². The largest absolute Gasteiger partial charge is 0.274 e. The van der Waals surface area contributed by atoms with Crippen molar-refractivity contribution >= 4 is 94.5 Å². The van der Waals surface area contributed by atoms with E-state index in [9.17, 15) is 76.7 Å². The lowest BCUT2D eigenvalue weighted by atomic mass is 9.45. The molecule has 6 atom stereocenters. The van der Waals surface area contributed by atoms with Crippen molar-refractivity contribution in [2.24, 2.45) is 81.8 Å². The summed E-state index contributed by atoms with van der Waals surface area (Å²) in [6, 6.07) is 0. The minimum atomic E-state index is -0.224. The minimum Gasteiger partial charge on any atom is -0.274 e. The fraction of sp³-hybridized carbons (Fsp3) is 0.692. The zero-order chi connectivity index (χ0) is 92.6. The number of β-lactam (4-membered cyclic amide) rings is 8. The van der Waals surface area contributed by atoms with Gasteiger partial charge in [-0.2, -0.15) is 0 Å². The van der Waals surface area contributed by atoms with E-state index in [4.69, 9.17) is 0 Å². The zero-order valence-corrected chi connectivity index (χ0v) is 77.7. The van der Waals surface area contributed by atoms with Crippen molar-refractivity contribution in [2.45, 2.75) is 369 Å². The van der Waals surface area contributed by atoms with Crippen LogP contribution >= 0.6 is 0 Å². The van der Waals surface area contributed by atoms with Gasteiger partial charge in [-0.05, 0) is 288 Å². The van der Waals surface area contributed by atoms with Crippen LogP contribution in [0.4, 0.5) is 0 Å². The molecule has 16 aliphatic carbocycles. The standard InChI is InChI=1S/C16H21NO2.C15H19NO2.C15H21NO2.C14H19NO2.C12H17NO2.2C11H15NO2.C10H13NO2/c1-9(2)15(19)17-14(18)8-16(17)12-4-10-3-11(6-12)7-13(16)5-10;1-2-13(17)16-14(18)8-15(16)11-4-9-3-10(6-11)7-12(15)5-9;1-9(2)13(18)16-12(17)8-15(16)11-6-5-10(7-11)14(15,3)4;1-4-11(16)15-12(17)8-14(15)10-6-5-9(7-10)13(14,2)3;1-9(2)11(15)13-10(14)8-12(13)6-4-3-5-7-12;1-8(2)10(14)12-9(13)7-11(12)5-3-4-6-11;1-2-9(13)12-10(14)8-11(12)6-4-3-5-7-11;1-2-8(12)11-9(13)7-10(11)5-3-4-6-10/h10-13H,1,3-8H2,2H3;2,9-12H,1,3-8H2;10-11H,1,5-8H2,2-4H3;4,9-10H,1,5-8H2,2-3H3;1,3-8H2,2H3;1,3-7H2,2H3;2H,1,3-8H2;2H,1,3-7H2. The molecule has 8 spiro atoms. The molecule has 8 saturated heterocycles. The average Bonchev–Trinajstić information content (AvgIpc) is 1.38. The molecule has 12 bridgehead atoms. The molecule has 0 aromatic carbocycles. The Balaban J connectivity index is 0.000000113. The van der Waals surface area contributed by atoms with E-state index >= 15 is 0 Å². The molecule has 24 nitrogen and oxygen atoms in total. The molecular formula is C104H140N8O16. The van der Waals surface area contributed by atoms with Crippen LogP contribution in [0.15, 0.2) is 99.2 Å². The molecular weight excluding hydrogens is 1620 g/mol. The van der Waals surface area contributed by atoms with Gasteiger partial charge in [0.1, 0.15) is 0 Å². The number of imide groups is 8. The number of likely N-dealkylation sites (tertiary alicyclic amines) is 8. The maximum Gasteiger partial charge on any atom is 0.256 e. The summed E-state index contributed by atoms with van der Waals surface area (Å²) in [7, 11) is 0. The molecule has 0 aromatic heterocycles. The molecule has 24 fully saturated rings. The fourth-order valence-electron chi connectivity index (χ4n) is 31.3. The van der Waals surface area contributed by atoms with Crippen LogP contribution in [0, 0.1) is 81.8 Å². The van der Waals surface area contributed by atoms with E-state index in [1.165, 1.54) is 164 Å². The van der Waals surface area contributed by atoms with Gasteiger partial charge in [0.25, 0.3) is 47.3 Å². The van der Waals surface area contributed by atoms with Crippen molar-refractivity contribution in [3.8, 4) is 0 Å². The summed E-state index contributed by atoms with van der Waals surface area (Å²) in [5.41, 5.74) is 0.941. The van der Waals surface area contributed by atoms with E-state index < -0.39 is 0 Å². The summed E-state index contributed by atoms with van der Waals surface area (Å²) in [6.07, 6.45) is 48.9. The molecule has 24 rings (SSSR count). The topological polar surface area (TPSA) is 299 Å². The van der Waals surface area contributed by atoms with Crippen molar-refractivity contribution in [1.29, 1.82) is 0 Å². The first-order valence-corrected chi connectivity index (χ1v) is 48.6. The summed E-state index contributed by atoms with van der Waals surface area (Å²) in [4.78, 5) is 200. The minimum absolute atomic E-state index is 0.0105. The van der Waals surface area contributed by atoms with Gasteiger partial charge in [-0.15, -0.1) is 0 Å². The van der Waals surface area contributed by atoms with Crippen LogP contribution in [-0.4, -0.2) is 178 Å². The van der Waals surface area contributed by atoms with Crippen LogP contribution in [-0.2, 0) is 76.7 Å². The molecule has 6 unspecified atom stereocenters. The van der Waals surface area contributed by atoms with Crippen LogP contribution in [0.2, 0.25) is 0 Å². The lowest BCUT2D eigenvalue weighted by Gasteiger charge is -2.68. The Morgan fingerprint density at radius 3 is 0.742 bits per heavy atom. The number of fused-ring (bicyclic) bond motifs is 6. The highest BCUT2D eigenvalue weighted by atomic mass is 16.2. The maximum atomic E-state index is 12.3. The normalized spacial score (nSPS) is 35.5. The third-order valence-corrected chi connectivity index (χ3v) is 37.2. The first-order valence-electron chi connectivity index (χ1n) is 48.6. The van der Waals surface area contributed by atoms with Gasteiger partial charge in [0.05, 0.1) is 95.7 Å². The number of hydrogen-bond donors (Lipinski definition) is 0.